The molecule has 1 amide bonds. The van der Waals surface area contributed by atoms with E-state index in [1.54, 1.807) is 16.2 Å². The Kier molecular flexibility index (Phi) is 7.28. The summed E-state index contributed by atoms with van der Waals surface area (Å²) in [7, 11) is 1.53. The van der Waals surface area contributed by atoms with Crippen LogP contribution in [0, 0.1) is 6.92 Å². The third kappa shape index (κ3) is 4.67. The number of hydrogen-bond donors (Lipinski definition) is 1. The molecule has 1 aromatic heterocycles. The van der Waals surface area contributed by atoms with Crippen LogP contribution in [0.15, 0.2) is 30.3 Å². The number of carbonyl (C=O) groups is 1. The average molecular weight is 399 g/mol. The quantitative estimate of drug-likeness (QED) is 0.809. The molecule has 6 nitrogen and oxygen atoms in total. The van der Waals surface area contributed by atoms with E-state index in [1.165, 1.54) is 12.0 Å². The summed E-state index contributed by atoms with van der Waals surface area (Å²) in [5.41, 5.74) is 6.72. The summed E-state index contributed by atoms with van der Waals surface area (Å²) in [4.78, 5) is 16.8. The van der Waals surface area contributed by atoms with Gasteiger partial charge in [0.2, 0.25) is 5.91 Å². The number of ether oxygens (including phenoxy) is 3. The highest BCUT2D eigenvalue weighted by Crippen LogP contribution is 2.35. The average Bonchev–Trinajstić information content (AvgIpc) is 3.04. The van der Waals surface area contributed by atoms with Gasteiger partial charge in [0.25, 0.3) is 0 Å². The largest absolute Gasteiger partial charge is 0.486 e. The Labute approximate surface area is 163 Å². The van der Waals surface area contributed by atoms with E-state index in [0.29, 0.717) is 31.3 Å². The van der Waals surface area contributed by atoms with Crippen LogP contribution in [0.2, 0.25) is 0 Å². The summed E-state index contributed by atoms with van der Waals surface area (Å²) in [6.07, 6.45) is 0. The van der Waals surface area contributed by atoms with Crippen LogP contribution in [0.3, 0.4) is 0 Å². The molecule has 8 heteroatoms. The molecule has 0 radical (unpaired) electrons. The van der Waals surface area contributed by atoms with E-state index < -0.39 is 6.04 Å². The van der Waals surface area contributed by atoms with E-state index >= 15 is 0 Å². The van der Waals surface area contributed by atoms with Gasteiger partial charge in [0.15, 0.2) is 11.5 Å². The fourth-order valence-electron chi connectivity index (χ4n) is 2.67. The zero-order valence-electron chi connectivity index (χ0n) is 14.8. The van der Waals surface area contributed by atoms with Gasteiger partial charge in [-0.3, -0.25) is 4.79 Å². The molecule has 1 aliphatic heterocycles. The Morgan fingerprint density at radius 3 is 2.65 bits per heavy atom. The number of methoxy groups -OCH3 is 1. The fourth-order valence-corrected chi connectivity index (χ4v) is 3.55. The van der Waals surface area contributed by atoms with E-state index in [1.807, 2.05) is 37.3 Å². The van der Waals surface area contributed by atoms with Crippen molar-refractivity contribution >= 4 is 35.3 Å². The highest BCUT2D eigenvalue weighted by Gasteiger charge is 2.25. The van der Waals surface area contributed by atoms with Gasteiger partial charge in [0.1, 0.15) is 19.3 Å². The smallest absolute Gasteiger partial charge is 0.246 e. The lowest BCUT2D eigenvalue weighted by Gasteiger charge is -2.27. The zero-order valence-corrected chi connectivity index (χ0v) is 16.4. The zero-order chi connectivity index (χ0) is 17.8. The molecule has 0 fully saturated rings. The molecule has 1 aliphatic rings. The summed E-state index contributed by atoms with van der Waals surface area (Å²) in [6.45, 7) is 3.69. The lowest BCUT2D eigenvalue weighted by atomic mass is 10.2. The Balaban J connectivity index is 0.00000243. The van der Waals surface area contributed by atoms with Gasteiger partial charge in [0.05, 0.1) is 13.2 Å². The molecule has 1 atom stereocenters. The van der Waals surface area contributed by atoms with E-state index in [0.717, 1.165) is 10.6 Å². The van der Waals surface area contributed by atoms with Crippen LogP contribution in [0.1, 0.15) is 9.75 Å². The molecule has 2 N–H and O–H groups in total. The number of nitrogens with two attached hydrogens (primary N) is 1. The number of aryl methyl sites for hydroxylation is 1. The van der Waals surface area contributed by atoms with Crippen LogP contribution in [-0.2, 0) is 16.1 Å². The van der Waals surface area contributed by atoms with Crippen LogP contribution < -0.4 is 20.1 Å². The van der Waals surface area contributed by atoms with Crippen LogP contribution >= 0.6 is 23.7 Å². The second-order valence-electron chi connectivity index (χ2n) is 5.83. The molecular formula is C18H23ClN2O4S. The maximum Gasteiger partial charge on any atom is 0.246 e. The minimum atomic E-state index is -0.723. The molecule has 0 bridgehead atoms. The van der Waals surface area contributed by atoms with Crippen molar-refractivity contribution in [3.8, 4) is 11.5 Å². The molecule has 0 saturated carbocycles. The van der Waals surface area contributed by atoms with E-state index in [9.17, 15) is 4.79 Å². The van der Waals surface area contributed by atoms with Gasteiger partial charge in [-0.1, -0.05) is 0 Å². The van der Waals surface area contributed by atoms with Gasteiger partial charge in [0, 0.05) is 28.6 Å². The highest BCUT2D eigenvalue weighted by molar-refractivity contribution is 7.11. The summed E-state index contributed by atoms with van der Waals surface area (Å²) in [5.74, 6) is 1.14. The first-order chi connectivity index (χ1) is 12.1. The number of benzene rings is 1. The third-order valence-corrected chi connectivity index (χ3v) is 4.86. The Morgan fingerprint density at radius 2 is 2.00 bits per heavy atom. The summed E-state index contributed by atoms with van der Waals surface area (Å²) in [6, 6.07) is 8.85. The standard InChI is InChI=1S/C18H22N2O4S.ClH/c1-12-3-5-14(25-12)10-20(18(21)15(19)11-22-2)13-4-6-16-17(9-13)24-8-7-23-16;/h3-6,9,15H,7-8,10-11,19H2,1-2H3;1H. The molecule has 3 rings (SSSR count). The number of anilines is 1. The lowest BCUT2D eigenvalue weighted by molar-refractivity contribution is -0.121. The van der Waals surface area contributed by atoms with Gasteiger partial charge >= 0.3 is 0 Å². The van der Waals surface area contributed by atoms with Gasteiger partial charge in [-0.05, 0) is 31.2 Å². The molecule has 1 unspecified atom stereocenters. The summed E-state index contributed by atoms with van der Waals surface area (Å²) in [5, 5.41) is 0. The molecule has 2 aromatic rings. The van der Waals surface area contributed by atoms with Crippen molar-refractivity contribution < 1.29 is 19.0 Å². The minimum Gasteiger partial charge on any atom is -0.486 e. The number of fused-ring (bicyclic) bond motifs is 1. The molecule has 1 aromatic carbocycles. The van der Waals surface area contributed by atoms with Crippen molar-refractivity contribution in [2.24, 2.45) is 5.73 Å². The maximum atomic E-state index is 12.9. The van der Waals surface area contributed by atoms with Gasteiger partial charge in [-0.15, -0.1) is 23.7 Å². The molecule has 0 saturated heterocycles. The minimum absolute atomic E-state index is 0. The molecule has 26 heavy (non-hydrogen) atoms. The Hall–Kier alpha value is -1.80. The number of amides is 1. The first-order valence-electron chi connectivity index (χ1n) is 8.09. The number of rotatable bonds is 6. The summed E-state index contributed by atoms with van der Waals surface area (Å²) < 4.78 is 16.2. The third-order valence-electron chi connectivity index (χ3n) is 3.88. The molecule has 0 aliphatic carbocycles. The van der Waals surface area contributed by atoms with E-state index in [-0.39, 0.29) is 24.9 Å². The van der Waals surface area contributed by atoms with E-state index in [4.69, 9.17) is 19.9 Å². The first-order valence-corrected chi connectivity index (χ1v) is 8.91. The molecule has 142 valence electrons. The second kappa shape index (κ2) is 9.23. The van der Waals surface area contributed by atoms with Crippen molar-refractivity contribution in [2.45, 2.75) is 19.5 Å². The topological polar surface area (TPSA) is 74.0 Å². The second-order valence-corrected chi connectivity index (χ2v) is 7.20. The van der Waals surface area contributed by atoms with Gasteiger partial charge in [-0.2, -0.15) is 0 Å². The van der Waals surface area contributed by atoms with Gasteiger partial charge < -0.3 is 24.8 Å². The molecule has 2 heterocycles. The fraction of sp³-hybridized carbons (Fsp3) is 0.389. The first kappa shape index (κ1) is 20.5. The predicted molar refractivity (Wildman–Crippen MR) is 105 cm³/mol. The van der Waals surface area contributed by atoms with Crippen molar-refractivity contribution in [3.63, 3.8) is 0 Å². The lowest BCUT2D eigenvalue weighted by Crippen LogP contribution is -2.46. The maximum absolute atomic E-state index is 12.9. The van der Waals surface area contributed by atoms with Crippen LogP contribution in [-0.4, -0.2) is 38.9 Å². The van der Waals surface area contributed by atoms with Crippen molar-refractivity contribution in [1.82, 2.24) is 0 Å². The van der Waals surface area contributed by atoms with Crippen LogP contribution in [0.25, 0.3) is 0 Å². The SMILES string of the molecule is COCC(N)C(=O)N(Cc1ccc(C)s1)c1ccc2c(c1)OCCO2.Cl. The van der Waals surface area contributed by atoms with Crippen molar-refractivity contribution in [1.29, 1.82) is 0 Å². The molecular weight excluding hydrogens is 376 g/mol. The van der Waals surface area contributed by atoms with Crippen molar-refractivity contribution in [3.05, 3.63) is 40.1 Å². The number of thiophene rings is 1. The van der Waals surface area contributed by atoms with E-state index in [2.05, 4.69) is 0 Å². The summed E-state index contributed by atoms with van der Waals surface area (Å²) >= 11 is 1.66. The number of carbonyl (C=O) groups excluding carboxylic acids is 1. The number of halogens is 1. The number of nitrogens with zero attached hydrogens (tertiary/aromatic N) is 1. The normalized spacial score (nSPS) is 13.7. The monoisotopic (exact) mass is 398 g/mol. The molecule has 0 spiro atoms. The van der Waals surface area contributed by atoms with Gasteiger partial charge in [-0.25, -0.2) is 0 Å². The van der Waals surface area contributed by atoms with Crippen molar-refractivity contribution in [2.75, 3.05) is 31.8 Å². The van der Waals surface area contributed by atoms with Crippen LogP contribution in [0.4, 0.5) is 5.69 Å². The highest BCUT2D eigenvalue weighted by atomic mass is 35.5. The Morgan fingerprint density at radius 1 is 1.27 bits per heavy atom. The predicted octanol–water partition coefficient (Wildman–Crippen LogP) is 2.76. The Bertz CT molecular complexity index is 753. The van der Waals surface area contributed by atoms with Crippen LogP contribution in [0.5, 0.6) is 11.5 Å². The number of hydrogen-bond acceptors (Lipinski definition) is 6.